The smallest absolute Gasteiger partial charge is 0.272 e. The van der Waals surface area contributed by atoms with Crippen LogP contribution in [-0.4, -0.2) is 23.5 Å². The van der Waals surface area contributed by atoms with Crippen molar-refractivity contribution in [3.05, 3.63) is 65.7 Å². The number of carbonyl (C=O) groups is 2. The average molecular weight is 306 g/mol. The van der Waals surface area contributed by atoms with Crippen molar-refractivity contribution in [3.8, 4) is 0 Å². The summed E-state index contributed by atoms with van der Waals surface area (Å²) in [6.07, 6.45) is 0.408. The Balaban J connectivity index is 1.83. The van der Waals surface area contributed by atoms with Gasteiger partial charge in [-0.2, -0.15) is 0 Å². The molecule has 3 rings (SSSR count). The molecule has 6 nitrogen and oxygen atoms in total. The number of carbonyl (C=O) groups excluding carboxylic acids is 2. The summed E-state index contributed by atoms with van der Waals surface area (Å²) in [4.78, 5) is 31.1. The molecule has 0 atom stereocenters. The Morgan fingerprint density at radius 3 is 2.65 bits per heavy atom. The van der Waals surface area contributed by atoms with Crippen LogP contribution >= 0.6 is 0 Å². The predicted octanol–water partition coefficient (Wildman–Crippen LogP) is 0.851. The van der Waals surface area contributed by atoms with Crippen molar-refractivity contribution in [2.45, 2.75) is 6.42 Å². The van der Waals surface area contributed by atoms with Crippen LogP contribution < -0.4 is 10.4 Å². The number of rotatable bonds is 4. The van der Waals surface area contributed by atoms with Crippen LogP contribution in [0.3, 0.4) is 0 Å². The minimum Gasteiger partial charge on any atom is -0.545 e. The number of benzene rings is 2. The maximum absolute atomic E-state index is 11.9. The zero-order valence-electron chi connectivity index (χ0n) is 12.0. The first-order chi connectivity index (χ1) is 11.1. The summed E-state index contributed by atoms with van der Waals surface area (Å²) in [5, 5.41) is 13.4. The molecule has 1 aliphatic rings. The number of aliphatic imine (C=N–C) groups is 2. The highest BCUT2D eigenvalue weighted by atomic mass is 16.4. The number of hydrogen-bond acceptors (Lipinski definition) is 4. The molecule has 2 aromatic carbocycles. The van der Waals surface area contributed by atoms with Gasteiger partial charge in [0, 0.05) is 6.42 Å². The van der Waals surface area contributed by atoms with Crippen molar-refractivity contribution >= 4 is 29.2 Å². The number of guanidine groups is 1. The van der Waals surface area contributed by atoms with E-state index in [0.717, 1.165) is 5.56 Å². The van der Waals surface area contributed by atoms with Crippen molar-refractivity contribution in [1.29, 1.82) is 0 Å². The number of carboxylic acids is 1. The number of amides is 1. The number of aromatic carboxylic acids is 1. The monoisotopic (exact) mass is 306 g/mol. The lowest BCUT2D eigenvalue weighted by Crippen LogP contribution is -2.27. The molecule has 0 saturated carbocycles. The maximum Gasteiger partial charge on any atom is 0.272 e. The van der Waals surface area contributed by atoms with Crippen molar-refractivity contribution in [3.63, 3.8) is 0 Å². The number of nitrogens with one attached hydrogen (secondary N) is 1. The van der Waals surface area contributed by atoms with Crippen LogP contribution in [-0.2, 0) is 11.2 Å². The van der Waals surface area contributed by atoms with Gasteiger partial charge in [-0.15, -0.1) is 0 Å². The Bertz CT molecular complexity index is 826. The molecule has 6 heteroatoms. The van der Waals surface area contributed by atoms with E-state index >= 15 is 0 Å². The molecule has 0 radical (unpaired) electrons. The Hall–Kier alpha value is -3.28. The molecule has 0 fully saturated rings. The minimum atomic E-state index is -1.28. The Labute approximate surface area is 132 Å². The normalized spacial score (nSPS) is 15.4. The molecule has 2 aromatic rings. The summed E-state index contributed by atoms with van der Waals surface area (Å²) in [6, 6.07) is 15.5. The summed E-state index contributed by atoms with van der Waals surface area (Å²) < 4.78 is 0. The van der Waals surface area contributed by atoms with Gasteiger partial charge in [0.2, 0.25) is 5.96 Å². The predicted molar refractivity (Wildman–Crippen MR) is 83.6 cm³/mol. The third-order valence-corrected chi connectivity index (χ3v) is 3.26. The van der Waals surface area contributed by atoms with Crippen LogP contribution in [0.25, 0.3) is 0 Å². The molecule has 0 spiro atoms. The first-order valence-electron chi connectivity index (χ1n) is 6.95. The van der Waals surface area contributed by atoms with E-state index in [2.05, 4.69) is 15.3 Å². The lowest BCUT2D eigenvalue weighted by atomic mass is 10.1. The van der Waals surface area contributed by atoms with Crippen LogP contribution in [0.1, 0.15) is 15.9 Å². The topological polar surface area (TPSA) is 94.0 Å². The fourth-order valence-corrected chi connectivity index (χ4v) is 2.17. The molecule has 1 aliphatic heterocycles. The van der Waals surface area contributed by atoms with E-state index in [0.29, 0.717) is 17.8 Å². The SMILES string of the molecule is O=C1NC(=Nc2cccc(C(=O)[O-])c2)N=C1Cc1ccccc1. The highest BCUT2D eigenvalue weighted by molar-refractivity contribution is 6.47. The number of hydrogen-bond donors (Lipinski definition) is 1. The van der Waals surface area contributed by atoms with Crippen LogP contribution in [0.4, 0.5) is 5.69 Å². The summed E-state index contributed by atoms with van der Waals surface area (Å²) in [7, 11) is 0. The van der Waals surface area contributed by atoms with Gasteiger partial charge in [0.15, 0.2) is 0 Å². The molecule has 0 aliphatic carbocycles. The molecule has 0 unspecified atom stereocenters. The Kier molecular flexibility index (Phi) is 3.97. The second-order valence-corrected chi connectivity index (χ2v) is 4.95. The van der Waals surface area contributed by atoms with Gasteiger partial charge in [0.05, 0.1) is 11.7 Å². The number of carboxylic acid groups (broad SMARTS) is 1. The van der Waals surface area contributed by atoms with Gasteiger partial charge in [-0.1, -0.05) is 42.5 Å². The van der Waals surface area contributed by atoms with Gasteiger partial charge in [-0.3, -0.25) is 10.1 Å². The largest absolute Gasteiger partial charge is 0.545 e. The van der Waals surface area contributed by atoms with E-state index in [1.54, 1.807) is 12.1 Å². The first kappa shape index (κ1) is 14.6. The lowest BCUT2D eigenvalue weighted by Gasteiger charge is -2.02. The zero-order chi connectivity index (χ0) is 16.2. The Morgan fingerprint density at radius 2 is 1.91 bits per heavy atom. The van der Waals surface area contributed by atoms with Crippen molar-refractivity contribution in [2.24, 2.45) is 9.98 Å². The molecule has 0 saturated heterocycles. The fraction of sp³-hybridized carbons (Fsp3) is 0.0588. The highest BCUT2D eigenvalue weighted by Crippen LogP contribution is 2.15. The van der Waals surface area contributed by atoms with Gasteiger partial charge in [0.25, 0.3) is 5.91 Å². The second-order valence-electron chi connectivity index (χ2n) is 4.95. The van der Waals surface area contributed by atoms with E-state index in [-0.39, 0.29) is 17.4 Å². The van der Waals surface area contributed by atoms with Gasteiger partial charge >= 0.3 is 0 Å². The molecule has 1 amide bonds. The maximum atomic E-state index is 11.9. The fourth-order valence-electron chi connectivity index (χ4n) is 2.17. The highest BCUT2D eigenvalue weighted by Gasteiger charge is 2.21. The molecule has 0 bridgehead atoms. The van der Waals surface area contributed by atoms with E-state index in [1.165, 1.54) is 12.1 Å². The third kappa shape index (κ3) is 3.49. The van der Waals surface area contributed by atoms with Crippen molar-refractivity contribution < 1.29 is 14.7 Å². The van der Waals surface area contributed by atoms with Crippen molar-refractivity contribution in [2.75, 3.05) is 0 Å². The lowest BCUT2D eigenvalue weighted by molar-refractivity contribution is -0.255. The van der Waals surface area contributed by atoms with Crippen LogP contribution in [0.15, 0.2) is 64.6 Å². The first-order valence-corrected chi connectivity index (χ1v) is 6.95. The molecule has 114 valence electrons. The van der Waals surface area contributed by atoms with Gasteiger partial charge < -0.3 is 9.90 Å². The van der Waals surface area contributed by atoms with Gasteiger partial charge in [-0.25, -0.2) is 9.98 Å². The van der Waals surface area contributed by atoms with E-state index < -0.39 is 5.97 Å². The van der Waals surface area contributed by atoms with E-state index in [9.17, 15) is 14.7 Å². The molecule has 1 heterocycles. The van der Waals surface area contributed by atoms with Gasteiger partial charge in [-0.05, 0) is 23.3 Å². The summed E-state index contributed by atoms with van der Waals surface area (Å²) in [6.45, 7) is 0. The molecular weight excluding hydrogens is 294 g/mol. The van der Waals surface area contributed by atoms with Crippen LogP contribution in [0.2, 0.25) is 0 Å². The van der Waals surface area contributed by atoms with Crippen LogP contribution in [0, 0.1) is 0 Å². The summed E-state index contributed by atoms with van der Waals surface area (Å²) in [5.41, 5.74) is 1.74. The van der Waals surface area contributed by atoms with E-state index in [4.69, 9.17) is 0 Å². The number of nitrogens with zero attached hydrogens (tertiary/aromatic N) is 2. The minimum absolute atomic E-state index is 0.0182. The zero-order valence-corrected chi connectivity index (χ0v) is 12.0. The summed E-state index contributed by atoms with van der Waals surface area (Å²) in [5.74, 6) is -1.43. The molecule has 1 N–H and O–H groups in total. The third-order valence-electron chi connectivity index (χ3n) is 3.26. The van der Waals surface area contributed by atoms with Crippen molar-refractivity contribution in [1.82, 2.24) is 5.32 Å². The summed E-state index contributed by atoms with van der Waals surface area (Å²) >= 11 is 0. The molecule has 23 heavy (non-hydrogen) atoms. The molecular formula is C17H12N3O3-. The van der Waals surface area contributed by atoms with Gasteiger partial charge in [0.1, 0.15) is 5.71 Å². The standard InChI is InChI=1S/C17H13N3O3/c21-15-14(9-11-5-2-1-3-6-11)19-17(20-15)18-13-8-4-7-12(10-13)16(22)23/h1-8,10H,9H2,(H,22,23)(H,18,20,21)/p-1. The second kappa shape index (κ2) is 6.23. The van der Waals surface area contributed by atoms with E-state index in [1.807, 2.05) is 30.3 Å². The molecule has 0 aromatic heterocycles. The van der Waals surface area contributed by atoms with Crippen LogP contribution in [0.5, 0.6) is 0 Å². The quantitative estimate of drug-likeness (QED) is 0.907. The Morgan fingerprint density at radius 1 is 1.13 bits per heavy atom. The average Bonchev–Trinajstić information content (AvgIpc) is 2.88.